The van der Waals surface area contributed by atoms with Crippen LogP contribution in [0.1, 0.15) is 77.6 Å². The Morgan fingerprint density at radius 2 is 1.88 bits per heavy atom. The normalized spacial score (nSPS) is 28.6. The second-order valence-corrected chi connectivity index (χ2v) is 12.5. The molecular weight excluding hydrogens is 549 g/mol. The smallest absolute Gasteiger partial charge is 0.416 e. The first-order valence-electron chi connectivity index (χ1n) is 14.8. The number of carbonyl (C=O) groups is 2. The number of alkyl halides is 3. The van der Waals surface area contributed by atoms with Crippen molar-refractivity contribution in [2.75, 3.05) is 26.4 Å². The van der Waals surface area contributed by atoms with E-state index in [2.05, 4.69) is 11.8 Å². The van der Waals surface area contributed by atoms with E-state index in [9.17, 15) is 27.9 Å². The zero-order chi connectivity index (χ0) is 29.8. The molecule has 0 spiro atoms. The van der Waals surface area contributed by atoms with E-state index in [0.29, 0.717) is 41.4 Å². The number of ether oxygens (including phenoxy) is 2. The summed E-state index contributed by atoms with van der Waals surface area (Å²) in [6, 6.07) is 9.57. The first-order chi connectivity index (χ1) is 20.0. The van der Waals surface area contributed by atoms with Crippen molar-refractivity contribution in [2.45, 2.75) is 76.2 Å². The van der Waals surface area contributed by atoms with Crippen LogP contribution in [0.4, 0.5) is 13.2 Å². The summed E-state index contributed by atoms with van der Waals surface area (Å²) < 4.78 is 52.7. The Hall–Kier alpha value is -3.11. The molecule has 7 nitrogen and oxygen atoms in total. The fourth-order valence-electron chi connectivity index (χ4n) is 7.32. The first kappa shape index (κ1) is 29.0. The number of nitrogens with zero attached hydrogens (tertiary/aromatic N) is 2. The quantitative estimate of drug-likeness (QED) is 0.474. The van der Waals surface area contributed by atoms with Crippen molar-refractivity contribution in [3.05, 3.63) is 64.2 Å². The van der Waals surface area contributed by atoms with Crippen molar-refractivity contribution in [1.82, 2.24) is 9.80 Å². The predicted octanol–water partition coefficient (Wildman–Crippen LogP) is 5.84. The van der Waals surface area contributed by atoms with Crippen LogP contribution in [0.15, 0.2) is 36.4 Å². The van der Waals surface area contributed by atoms with Gasteiger partial charge < -0.3 is 19.5 Å². The average Bonchev–Trinajstić information content (AvgIpc) is 3.82. The van der Waals surface area contributed by atoms with Crippen LogP contribution in [0.3, 0.4) is 0 Å². The van der Waals surface area contributed by atoms with E-state index in [1.807, 2.05) is 12.1 Å². The monoisotopic (exact) mass is 586 g/mol. The molecular formula is C32H37F3N2O5. The third-order valence-electron chi connectivity index (χ3n) is 9.69. The van der Waals surface area contributed by atoms with E-state index in [1.54, 1.807) is 19.1 Å². The van der Waals surface area contributed by atoms with Crippen molar-refractivity contribution in [3.63, 3.8) is 0 Å². The number of likely N-dealkylation sites (tertiary alicyclic amines) is 1. The Labute approximate surface area is 243 Å². The molecule has 0 unspecified atom stereocenters. The molecule has 3 fully saturated rings. The zero-order valence-corrected chi connectivity index (χ0v) is 24.0. The first-order valence-corrected chi connectivity index (χ1v) is 14.8. The van der Waals surface area contributed by atoms with Crippen LogP contribution in [-0.4, -0.2) is 64.9 Å². The number of halogens is 3. The second kappa shape index (κ2) is 10.9. The summed E-state index contributed by atoms with van der Waals surface area (Å²) >= 11 is 0. The Kier molecular flexibility index (Phi) is 7.50. The lowest BCUT2D eigenvalue weighted by Gasteiger charge is -2.47. The van der Waals surface area contributed by atoms with E-state index < -0.39 is 23.3 Å². The van der Waals surface area contributed by atoms with Gasteiger partial charge in [0, 0.05) is 18.2 Å². The van der Waals surface area contributed by atoms with Gasteiger partial charge in [0.1, 0.15) is 11.4 Å². The number of benzene rings is 2. The molecule has 0 aromatic heterocycles. The van der Waals surface area contributed by atoms with Gasteiger partial charge in [-0.15, -0.1) is 0 Å². The minimum absolute atomic E-state index is 0.00654. The third-order valence-corrected chi connectivity index (χ3v) is 9.69. The molecule has 0 radical (unpaired) electrons. The highest BCUT2D eigenvalue weighted by Crippen LogP contribution is 2.49. The van der Waals surface area contributed by atoms with Gasteiger partial charge in [0.05, 0.1) is 24.3 Å². The van der Waals surface area contributed by atoms with E-state index in [0.717, 1.165) is 56.5 Å². The van der Waals surface area contributed by atoms with Crippen LogP contribution in [0.2, 0.25) is 0 Å². The number of carbonyl (C=O) groups excluding carboxylic acids is 1. The van der Waals surface area contributed by atoms with Gasteiger partial charge in [0.15, 0.2) is 6.73 Å². The van der Waals surface area contributed by atoms with Crippen LogP contribution in [0.5, 0.6) is 5.75 Å². The second-order valence-electron chi connectivity index (χ2n) is 12.5. The fraction of sp³-hybridized carbons (Fsp3) is 0.562. The minimum atomic E-state index is -4.47. The Balaban J connectivity index is 1.11. The van der Waals surface area contributed by atoms with Gasteiger partial charge in [0.2, 0.25) is 0 Å². The predicted molar refractivity (Wildman–Crippen MR) is 148 cm³/mol. The molecule has 2 saturated heterocycles. The Bertz CT molecular complexity index is 1370. The molecule has 3 aliphatic heterocycles. The number of fused-ring (bicyclic) bond motifs is 1. The van der Waals surface area contributed by atoms with E-state index in [1.165, 1.54) is 4.90 Å². The number of carboxylic acid groups (broad SMARTS) is 1. The van der Waals surface area contributed by atoms with Crippen molar-refractivity contribution in [3.8, 4) is 5.75 Å². The lowest BCUT2D eigenvalue weighted by Crippen LogP contribution is -2.59. The molecule has 1 aliphatic carbocycles. The summed E-state index contributed by atoms with van der Waals surface area (Å²) in [6.07, 6.45) is -0.389. The maximum absolute atomic E-state index is 14.0. The molecule has 1 N–H and O–H groups in total. The SMILES string of the molecule is Cc1cc(C(F)(F)F)cc2c1OCN(C(=O)[C@@]1(C3CC3)CC[C@@H](N3CC[C@H](c4cccc(C(=O)O)c4)[C@@H](C)C3)CO1)C2. The maximum atomic E-state index is 14.0. The van der Waals surface area contributed by atoms with Gasteiger partial charge in [-0.1, -0.05) is 19.1 Å². The van der Waals surface area contributed by atoms with Crippen molar-refractivity contribution < 1.29 is 37.3 Å². The molecule has 0 bridgehead atoms. The van der Waals surface area contributed by atoms with Crippen molar-refractivity contribution in [1.29, 1.82) is 0 Å². The van der Waals surface area contributed by atoms with E-state index in [-0.39, 0.29) is 37.1 Å². The van der Waals surface area contributed by atoms with Crippen molar-refractivity contribution >= 4 is 11.9 Å². The molecule has 1 amide bonds. The molecule has 1 saturated carbocycles. The van der Waals surface area contributed by atoms with Crippen LogP contribution < -0.4 is 4.74 Å². The molecule has 4 atom stereocenters. The average molecular weight is 587 g/mol. The fourth-order valence-corrected chi connectivity index (χ4v) is 7.32. The largest absolute Gasteiger partial charge is 0.478 e. The van der Waals surface area contributed by atoms with Crippen LogP contribution in [0.25, 0.3) is 0 Å². The molecule has 10 heteroatoms. The van der Waals surface area contributed by atoms with E-state index in [4.69, 9.17) is 9.47 Å². The standard InChI is InChI=1S/C32H37F3N2O5/c1-19-12-25(32(33,34)35)14-23-16-37(18-41-28(19)23)30(40)31(24-6-7-24)10-8-26(17-42-31)36-11-9-27(20(2)15-36)21-4-3-5-22(13-21)29(38)39/h3-5,12-14,20,24,26-27H,6-11,15-18H2,1-2H3,(H,38,39)/t20-,26+,27-,31-/m0/s1. The molecule has 42 heavy (non-hydrogen) atoms. The number of aryl methyl sites for hydroxylation is 1. The van der Waals surface area contributed by atoms with Crippen molar-refractivity contribution in [2.24, 2.45) is 11.8 Å². The zero-order valence-electron chi connectivity index (χ0n) is 24.0. The summed E-state index contributed by atoms with van der Waals surface area (Å²) in [4.78, 5) is 29.4. The van der Waals surface area contributed by atoms with Gasteiger partial charge in [-0.2, -0.15) is 13.2 Å². The lowest BCUT2D eigenvalue weighted by molar-refractivity contribution is -0.180. The van der Waals surface area contributed by atoms with Gasteiger partial charge >= 0.3 is 12.1 Å². The number of rotatable bonds is 5. The summed E-state index contributed by atoms with van der Waals surface area (Å²) in [7, 11) is 0. The molecule has 2 aromatic rings. The minimum Gasteiger partial charge on any atom is -0.478 e. The highest BCUT2D eigenvalue weighted by Gasteiger charge is 2.56. The topological polar surface area (TPSA) is 79.3 Å². The van der Waals surface area contributed by atoms with Gasteiger partial charge in [0.25, 0.3) is 5.91 Å². The number of hydrogen-bond acceptors (Lipinski definition) is 5. The number of amides is 1. The van der Waals surface area contributed by atoms with Gasteiger partial charge in [-0.05, 0) is 98.7 Å². The lowest BCUT2D eigenvalue weighted by atomic mass is 9.79. The Morgan fingerprint density at radius 1 is 1.10 bits per heavy atom. The number of piperidine rings is 1. The van der Waals surface area contributed by atoms with E-state index >= 15 is 0 Å². The molecule has 6 rings (SSSR count). The molecule has 3 heterocycles. The molecule has 226 valence electrons. The summed E-state index contributed by atoms with van der Waals surface area (Å²) in [5, 5.41) is 9.39. The van der Waals surface area contributed by atoms with Gasteiger partial charge in [-0.3, -0.25) is 9.69 Å². The Morgan fingerprint density at radius 3 is 2.52 bits per heavy atom. The van der Waals surface area contributed by atoms with Crippen LogP contribution >= 0.6 is 0 Å². The number of carboxylic acids is 1. The van der Waals surface area contributed by atoms with Gasteiger partial charge in [-0.25, -0.2) is 4.79 Å². The number of aromatic carboxylic acids is 1. The summed E-state index contributed by atoms with van der Waals surface area (Å²) in [5.74, 6) is 0.0352. The highest BCUT2D eigenvalue weighted by molar-refractivity contribution is 5.88. The highest BCUT2D eigenvalue weighted by atomic mass is 19.4. The summed E-state index contributed by atoms with van der Waals surface area (Å²) in [5.41, 5.74) is 0.443. The molecule has 4 aliphatic rings. The van der Waals surface area contributed by atoms with Crippen LogP contribution in [-0.2, 0) is 22.3 Å². The van der Waals surface area contributed by atoms with Crippen LogP contribution in [0, 0.1) is 18.8 Å². The maximum Gasteiger partial charge on any atom is 0.416 e. The summed E-state index contributed by atoms with van der Waals surface area (Å²) in [6.45, 7) is 6.00. The number of hydrogen-bond donors (Lipinski definition) is 1. The molecule has 2 aromatic carbocycles. The third kappa shape index (κ3) is 5.39.